The van der Waals surface area contributed by atoms with Crippen molar-refractivity contribution in [3.63, 3.8) is 0 Å². The van der Waals surface area contributed by atoms with Crippen LogP contribution < -0.4 is 15.6 Å². The summed E-state index contributed by atoms with van der Waals surface area (Å²) in [7, 11) is 3.51. The maximum absolute atomic E-state index is 13.1. The number of nitro benzene ring substituents is 1. The Morgan fingerprint density at radius 3 is 2.50 bits per heavy atom. The van der Waals surface area contributed by atoms with Crippen LogP contribution in [0.2, 0.25) is 5.02 Å². The minimum atomic E-state index is -0.524. The summed E-state index contributed by atoms with van der Waals surface area (Å²) in [4.78, 5) is 24.8. The molecule has 0 unspecified atom stereocenters. The molecule has 0 bridgehead atoms. The molecular weight excluding hydrogens is 415 g/mol. The summed E-state index contributed by atoms with van der Waals surface area (Å²) >= 11 is 6.05. The second kappa shape index (κ2) is 9.09. The number of halogens is 2. The molecule has 0 spiro atoms. The lowest BCUT2D eigenvalue weighted by Gasteiger charge is -2.13. The Bertz CT molecular complexity index is 1090. The van der Waals surface area contributed by atoms with Crippen LogP contribution in [0.4, 0.5) is 33.6 Å². The minimum Gasteiger partial charge on any atom is -0.347 e. The van der Waals surface area contributed by atoms with E-state index in [0.29, 0.717) is 22.2 Å². The number of nitrogens with zero attached hydrogens (tertiary/aromatic N) is 6. The van der Waals surface area contributed by atoms with Crippen molar-refractivity contribution in [2.45, 2.75) is 0 Å². The van der Waals surface area contributed by atoms with Crippen LogP contribution in [-0.4, -0.2) is 40.2 Å². The van der Waals surface area contributed by atoms with E-state index in [1.54, 1.807) is 31.1 Å². The highest BCUT2D eigenvalue weighted by Gasteiger charge is 2.10. The normalized spacial score (nSPS) is 10.8. The molecule has 2 aromatic carbocycles. The average Bonchev–Trinajstić information content (AvgIpc) is 2.71. The molecule has 0 aliphatic rings. The maximum atomic E-state index is 13.1. The van der Waals surface area contributed by atoms with E-state index in [2.05, 4.69) is 30.8 Å². The highest BCUT2D eigenvalue weighted by molar-refractivity contribution is 6.33. The van der Waals surface area contributed by atoms with Gasteiger partial charge in [0, 0.05) is 42.5 Å². The van der Waals surface area contributed by atoms with Crippen LogP contribution in [0.25, 0.3) is 0 Å². The zero-order valence-electron chi connectivity index (χ0n) is 15.9. The zero-order chi connectivity index (χ0) is 21.7. The molecular formula is C18H16ClFN8O2. The SMILES string of the molecule is CN(C)c1nc(N/N=C/c2cc([N+](=O)[O-])ccc2Cl)nc(Nc2ccc(F)cc2)n1. The molecule has 0 aliphatic heterocycles. The van der Waals surface area contributed by atoms with Gasteiger partial charge in [0.15, 0.2) is 0 Å². The summed E-state index contributed by atoms with van der Waals surface area (Å²) in [6.07, 6.45) is 1.32. The Hall–Kier alpha value is -3.86. The van der Waals surface area contributed by atoms with E-state index >= 15 is 0 Å². The molecule has 10 nitrogen and oxygen atoms in total. The van der Waals surface area contributed by atoms with E-state index < -0.39 is 4.92 Å². The van der Waals surface area contributed by atoms with Crippen LogP contribution in [0.15, 0.2) is 47.6 Å². The molecule has 0 amide bonds. The fourth-order valence-electron chi connectivity index (χ4n) is 2.24. The first-order valence-electron chi connectivity index (χ1n) is 8.51. The van der Waals surface area contributed by atoms with E-state index in [9.17, 15) is 14.5 Å². The molecule has 3 aromatic rings. The first-order valence-corrected chi connectivity index (χ1v) is 8.88. The van der Waals surface area contributed by atoms with Crippen molar-refractivity contribution in [3.8, 4) is 0 Å². The van der Waals surface area contributed by atoms with Gasteiger partial charge in [0.2, 0.25) is 17.8 Å². The molecule has 1 aromatic heterocycles. The lowest BCUT2D eigenvalue weighted by Crippen LogP contribution is -2.15. The Morgan fingerprint density at radius 1 is 1.13 bits per heavy atom. The smallest absolute Gasteiger partial charge is 0.270 e. The molecule has 1 heterocycles. The molecule has 2 N–H and O–H groups in total. The lowest BCUT2D eigenvalue weighted by molar-refractivity contribution is -0.384. The predicted octanol–water partition coefficient (Wildman–Crippen LogP) is 3.83. The van der Waals surface area contributed by atoms with Crippen molar-refractivity contribution >= 4 is 47.0 Å². The summed E-state index contributed by atoms with van der Waals surface area (Å²) in [5.74, 6) is 0.324. The third kappa shape index (κ3) is 5.35. The fraction of sp³-hybridized carbons (Fsp3) is 0.111. The van der Waals surface area contributed by atoms with Gasteiger partial charge in [-0.05, 0) is 30.3 Å². The number of hydrazone groups is 1. The quantitative estimate of drug-likeness (QED) is 0.329. The van der Waals surface area contributed by atoms with E-state index in [-0.39, 0.29) is 23.4 Å². The van der Waals surface area contributed by atoms with E-state index in [0.717, 1.165) is 0 Å². The number of non-ortho nitro benzene ring substituents is 1. The summed E-state index contributed by atoms with van der Waals surface area (Å²) in [6, 6.07) is 9.72. The maximum Gasteiger partial charge on any atom is 0.270 e. The van der Waals surface area contributed by atoms with Crippen molar-refractivity contribution < 1.29 is 9.31 Å². The third-order valence-corrected chi connectivity index (χ3v) is 4.03. The van der Waals surface area contributed by atoms with Crippen molar-refractivity contribution in [3.05, 3.63) is 69.0 Å². The monoisotopic (exact) mass is 430 g/mol. The number of nitro groups is 1. The molecule has 0 saturated carbocycles. The Kier molecular flexibility index (Phi) is 6.32. The second-order valence-corrected chi connectivity index (χ2v) is 6.55. The van der Waals surface area contributed by atoms with Crippen LogP contribution in [-0.2, 0) is 0 Å². The Labute approximate surface area is 175 Å². The van der Waals surface area contributed by atoms with Crippen molar-refractivity contribution in [2.75, 3.05) is 29.7 Å². The van der Waals surface area contributed by atoms with Gasteiger partial charge in [0.1, 0.15) is 5.82 Å². The lowest BCUT2D eigenvalue weighted by atomic mass is 10.2. The average molecular weight is 431 g/mol. The molecule has 12 heteroatoms. The third-order valence-electron chi connectivity index (χ3n) is 3.68. The summed E-state index contributed by atoms with van der Waals surface area (Å²) in [6.45, 7) is 0. The zero-order valence-corrected chi connectivity index (χ0v) is 16.6. The summed E-state index contributed by atoms with van der Waals surface area (Å²) in [5.41, 5.74) is 3.48. The van der Waals surface area contributed by atoms with Gasteiger partial charge in [-0.25, -0.2) is 9.82 Å². The molecule has 30 heavy (non-hydrogen) atoms. The molecule has 0 saturated heterocycles. The standard InChI is InChI=1S/C18H16ClFN8O2/c1-27(2)18-24-16(22-13-5-3-12(20)4-6-13)23-17(25-18)26-21-10-11-9-14(28(29)30)7-8-15(11)19/h3-10H,1-2H3,(H2,22,23,24,25,26)/b21-10+. The van der Waals surface area contributed by atoms with Crippen LogP contribution in [0.5, 0.6) is 0 Å². The van der Waals surface area contributed by atoms with Gasteiger partial charge in [-0.15, -0.1) is 0 Å². The molecule has 0 radical (unpaired) electrons. The summed E-state index contributed by atoms with van der Waals surface area (Å²) in [5, 5.41) is 18.2. The predicted molar refractivity (Wildman–Crippen MR) is 113 cm³/mol. The number of hydrogen-bond donors (Lipinski definition) is 2. The molecule has 0 aliphatic carbocycles. The van der Waals surface area contributed by atoms with Gasteiger partial charge in [0.05, 0.1) is 11.1 Å². The summed E-state index contributed by atoms with van der Waals surface area (Å²) < 4.78 is 13.1. The van der Waals surface area contributed by atoms with Crippen LogP contribution >= 0.6 is 11.6 Å². The highest BCUT2D eigenvalue weighted by atomic mass is 35.5. The number of nitrogens with one attached hydrogen (secondary N) is 2. The van der Waals surface area contributed by atoms with Crippen LogP contribution in [0, 0.1) is 15.9 Å². The molecule has 0 atom stereocenters. The second-order valence-electron chi connectivity index (χ2n) is 6.14. The van der Waals surface area contributed by atoms with E-state index in [1.165, 1.54) is 36.5 Å². The van der Waals surface area contributed by atoms with Gasteiger partial charge < -0.3 is 10.2 Å². The van der Waals surface area contributed by atoms with Gasteiger partial charge in [-0.2, -0.15) is 20.1 Å². The Morgan fingerprint density at radius 2 is 1.83 bits per heavy atom. The largest absolute Gasteiger partial charge is 0.347 e. The first kappa shape index (κ1) is 20.9. The van der Waals surface area contributed by atoms with Crippen molar-refractivity contribution in [1.82, 2.24) is 15.0 Å². The molecule has 3 rings (SSSR count). The van der Waals surface area contributed by atoms with Gasteiger partial charge in [-0.3, -0.25) is 10.1 Å². The molecule has 0 fully saturated rings. The van der Waals surface area contributed by atoms with Gasteiger partial charge in [-0.1, -0.05) is 11.6 Å². The first-order chi connectivity index (χ1) is 14.3. The van der Waals surface area contributed by atoms with Gasteiger partial charge in [0.25, 0.3) is 5.69 Å². The van der Waals surface area contributed by atoms with Crippen molar-refractivity contribution in [2.24, 2.45) is 5.10 Å². The number of benzene rings is 2. The van der Waals surface area contributed by atoms with E-state index in [4.69, 9.17) is 11.6 Å². The fourth-order valence-corrected chi connectivity index (χ4v) is 2.40. The number of aromatic nitrogens is 3. The van der Waals surface area contributed by atoms with Crippen LogP contribution in [0.1, 0.15) is 5.56 Å². The highest BCUT2D eigenvalue weighted by Crippen LogP contribution is 2.21. The van der Waals surface area contributed by atoms with Gasteiger partial charge >= 0.3 is 0 Å². The van der Waals surface area contributed by atoms with Crippen molar-refractivity contribution in [1.29, 1.82) is 0 Å². The number of rotatable bonds is 7. The molecule has 154 valence electrons. The Balaban J connectivity index is 1.82. The van der Waals surface area contributed by atoms with Crippen LogP contribution in [0.3, 0.4) is 0 Å². The number of anilines is 4. The number of hydrogen-bond acceptors (Lipinski definition) is 9. The van der Waals surface area contributed by atoms with E-state index in [1.807, 2.05) is 0 Å². The minimum absolute atomic E-state index is 0.110. The topological polar surface area (TPSA) is 121 Å².